The number of imidazole rings is 2. The molecule has 138 valence electrons. The van der Waals surface area contributed by atoms with Crippen LogP contribution in [0.15, 0.2) is 12.4 Å². The first-order valence-corrected chi connectivity index (χ1v) is 9.14. The molecule has 2 heterocycles. The van der Waals surface area contributed by atoms with Crippen molar-refractivity contribution in [3.05, 3.63) is 35.4 Å². The fraction of sp³-hybridized carbons (Fsp3) is 0.632. The fourth-order valence-electron chi connectivity index (χ4n) is 2.99. The van der Waals surface area contributed by atoms with Crippen LogP contribution >= 0.6 is 0 Å². The molecule has 0 spiro atoms. The molecule has 0 fully saturated rings. The number of hydrogen-bond donors (Lipinski definition) is 1. The second-order valence-electron chi connectivity index (χ2n) is 7.08. The number of carboxylic acids is 1. The molecule has 0 atom stereocenters. The molecule has 0 unspecified atom stereocenters. The number of aliphatic carboxylic acids is 1. The predicted octanol–water partition coefficient (Wildman–Crippen LogP) is 3.97. The maximum Gasteiger partial charge on any atom is 0.304 e. The molecule has 0 bridgehead atoms. The number of carboxylic acid groups (broad SMARTS) is 1. The monoisotopic (exact) mass is 346 g/mol. The highest BCUT2D eigenvalue weighted by Gasteiger charge is 2.28. The highest BCUT2D eigenvalue weighted by atomic mass is 16.4. The normalized spacial score (nSPS) is 11.9. The number of hydrogen-bond acceptors (Lipinski definition) is 3. The Bertz CT molecular complexity index is 674. The van der Waals surface area contributed by atoms with Crippen molar-refractivity contribution < 1.29 is 9.90 Å². The third-order valence-corrected chi connectivity index (χ3v) is 4.52. The molecule has 2 aromatic heterocycles. The van der Waals surface area contributed by atoms with Crippen molar-refractivity contribution in [1.82, 2.24) is 19.1 Å². The first-order valence-electron chi connectivity index (χ1n) is 9.14. The van der Waals surface area contributed by atoms with Gasteiger partial charge in [0, 0.05) is 25.5 Å². The summed E-state index contributed by atoms with van der Waals surface area (Å²) in [5.74, 6) is 1.01. The van der Waals surface area contributed by atoms with E-state index in [4.69, 9.17) is 9.97 Å². The SMILES string of the molecule is CCn1cc(C(C)C)nc1C(CC(=O)O)c1nc(C(C)C)cn1CC. The summed E-state index contributed by atoms with van der Waals surface area (Å²) in [5, 5.41) is 9.49. The Hall–Kier alpha value is -2.11. The van der Waals surface area contributed by atoms with Gasteiger partial charge < -0.3 is 14.2 Å². The van der Waals surface area contributed by atoms with Crippen molar-refractivity contribution in [1.29, 1.82) is 0 Å². The van der Waals surface area contributed by atoms with E-state index in [0.29, 0.717) is 11.8 Å². The average Bonchev–Trinajstić information content (AvgIpc) is 3.16. The predicted molar refractivity (Wildman–Crippen MR) is 98.1 cm³/mol. The largest absolute Gasteiger partial charge is 0.481 e. The topological polar surface area (TPSA) is 72.9 Å². The molecule has 6 nitrogen and oxygen atoms in total. The Balaban J connectivity index is 2.59. The summed E-state index contributed by atoms with van der Waals surface area (Å²) in [6, 6.07) is 0. The van der Waals surface area contributed by atoms with E-state index in [1.54, 1.807) is 0 Å². The molecule has 0 aliphatic carbocycles. The fourth-order valence-corrected chi connectivity index (χ4v) is 2.99. The Morgan fingerprint density at radius 3 is 1.64 bits per heavy atom. The molecule has 0 saturated heterocycles. The lowest BCUT2D eigenvalue weighted by molar-refractivity contribution is -0.137. The van der Waals surface area contributed by atoms with Crippen LogP contribution in [0.25, 0.3) is 0 Å². The van der Waals surface area contributed by atoms with Crippen LogP contribution in [0.2, 0.25) is 0 Å². The van der Waals surface area contributed by atoms with Crippen molar-refractivity contribution in [2.24, 2.45) is 0 Å². The molecule has 0 radical (unpaired) electrons. The van der Waals surface area contributed by atoms with Crippen molar-refractivity contribution in [2.75, 3.05) is 0 Å². The lowest BCUT2D eigenvalue weighted by Crippen LogP contribution is -2.18. The van der Waals surface area contributed by atoms with E-state index in [1.165, 1.54) is 0 Å². The smallest absolute Gasteiger partial charge is 0.304 e. The van der Waals surface area contributed by atoms with Crippen molar-refractivity contribution >= 4 is 5.97 Å². The zero-order valence-electron chi connectivity index (χ0n) is 16.2. The zero-order valence-corrected chi connectivity index (χ0v) is 16.2. The first-order chi connectivity index (χ1) is 11.8. The van der Waals surface area contributed by atoms with Crippen molar-refractivity contribution in [2.45, 2.75) is 78.8 Å². The van der Waals surface area contributed by atoms with E-state index in [9.17, 15) is 9.90 Å². The third-order valence-electron chi connectivity index (χ3n) is 4.52. The number of carbonyl (C=O) groups is 1. The van der Waals surface area contributed by atoms with Crippen LogP contribution in [0, 0.1) is 0 Å². The van der Waals surface area contributed by atoms with Crippen LogP contribution < -0.4 is 0 Å². The molecule has 1 N–H and O–H groups in total. The third kappa shape index (κ3) is 4.11. The summed E-state index contributed by atoms with van der Waals surface area (Å²) in [5.41, 5.74) is 1.98. The van der Waals surface area contributed by atoms with Crippen LogP contribution in [0.3, 0.4) is 0 Å². The molecule has 0 aromatic carbocycles. The Labute approximate surface area is 149 Å². The van der Waals surface area contributed by atoms with Gasteiger partial charge in [-0.3, -0.25) is 4.79 Å². The maximum absolute atomic E-state index is 11.6. The minimum absolute atomic E-state index is 0.0108. The van der Waals surface area contributed by atoms with Gasteiger partial charge in [-0.1, -0.05) is 27.7 Å². The van der Waals surface area contributed by atoms with Crippen LogP contribution in [0.4, 0.5) is 0 Å². The van der Waals surface area contributed by atoms with Gasteiger partial charge in [0.2, 0.25) is 0 Å². The van der Waals surface area contributed by atoms with E-state index >= 15 is 0 Å². The van der Waals surface area contributed by atoms with E-state index in [0.717, 1.165) is 36.1 Å². The molecule has 2 aromatic rings. The van der Waals surface area contributed by atoms with Gasteiger partial charge in [-0.25, -0.2) is 9.97 Å². The molecule has 2 rings (SSSR count). The second kappa shape index (κ2) is 7.85. The van der Waals surface area contributed by atoms with E-state index in [2.05, 4.69) is 50.7 Å². The molecule has 0 aliphatic heterocycles. The first kappa shape index (κ1) is 19.2. The maximum atomic E-state index is 11.6. The molecule has 0 amide bonds. The summed E-state index contributed by atoms with van der Waals surface area (Å²) in [7, 11) is 0. The minimum Gasteiger partial charge on any atom is -0.481 e. The Morgan fingerprint density at radius 2 is 1.36 bits per heavy atom. The van der Waals surface area contributed by atoms with Gasteiger partial charge >= 0.3 is 5.97 Å². The van der Waals surface area contributed by atoms with E-state index in [-0.39, 0.29) is 12.3 Å². The van der Waals surface area contributed by atoms with Gasteiger partial charge in [-0.05, 0) is 25.7 Å². The summed E-state index contributed by atoms with van der Waals surface area (Å²) in [6.45, 7) is 14.0. The number of rotatable bonds is 8. The summed E-state index contributed by atoms with van der Waals surface area (Å²) in [4.78, 5) is 21.1. The number of aromatic nitrogens is 4. The molecule has 0 saturated carbocycles. The average molecular weight is 346 g/mol. The molecule has 6 heteroatoms. The highest BCUT2D eigenvalue weighted by Crippen LogP contribution is 2.30. The molecule has 0 aliphatic rings. The van der Waals surface area contributed by atoms with Gasteiger partial charge in [0.05, 0.1) is 23.7 Å². The molecular formula is C19H30N4O2. The molecule has 25 heavy (non-hydrogen) atoms. The number of aryl methyl sites for hydroxylation is 2. The van der Waals surface area contributed by atoms with Gasteiger partial charge in [0.25, 0.3) is 0 Å². The quantitative estimate of drug-likeness (QED) is 0.785. The van der Waals surface area contributed by atoms with Crippen LogP contribution in [-0.4, -0.2) is 30.2 Å². The van der Waals surface area contributed by atoms with Gasteiger partial charge in [-0.2, -0.15) is 0 Å². The van der Waals surface area contributed by atoms with Gasteiger partial charge in [0.15, 0.2) is 0 Å². The minimum atomic E-state index is -0.835. The molecular weight excluding hydrogens is 316 g/mol. The van der Waals surface area contributed by atoms with Crippen LogP contribution in [0.5, 0.6) is 0 Å². The lowest BCUT2D eigenvalue weighted by Gasteiger charge is -2.17. The van der Waals surface area contributed by atoms with Gasteiger partial charge in [-0.15, -0.1) is 0 Å². The van der Waals surface area contributed by atoms with Crippen molar-refractivity contribution in [3.8, 4) is 0 Å². The van der Waals surface area contributed by atoms with Gasteiger partial charge in [0.1, 0.15) is 11.6 Å². The second-order valence-corrected chi connectivity index (χ2v) is 7.08. The highest BCUT2D eigenvalue weighted by molar-refractivity contribution is 5.68. The van der Waals surface area contributed by atoms with Crippen LogP contribution in [-0.2, 0) is 17.9 Å². The standard InChI is InChI=1S/C19H30N4O2/c1-7-22-10-15(12(3)4)20-18(22)14(9-17(24)25)19-21-16(13(5)6)11-23(19)8-2/h10-14H,7-9H2,1-6H3,(H,24,25). The lowest BCUT2D eigenvalue weighted by atomic mass is 10.0. The Morgan fingerprint density at radius 1 is 0.960 bits per heavy atom. The zero-order chi connectivity index (χ0) is 18.7. The summed E-state index contributed by atoms with van der Waals surface area (Å²) in [6.07, 6.45) is 4.07. The number of nitrogens with zero attached hydrogens (tertiary/aromatic N) is 4. The van der Waals surface area contributed by atoms with Crippen molar-refractivity contribution in [3.63, 3.8) is 0 Å². The van der Waals surface area contributed by atoms with Crippen LogP contribution in [0.1, 0.15) is 88.8 Å². The summed E-state index contributed by atoms with van der Waals surface area (Å²) < 4.78 is 4.12. The summed E-state index contributed by atoms with van der Waals surface area (Å²) >= 11 is 0. The van der Waals surface area contributed by atoms with E-state index < -0.39 is 5.97 Å². The Kier molecular flexibility index (Phi) is 6.03. The van der Waals surface area contributed by atoms with E-state index in [1.807, 2.05) is 12.4 Å².